The zero-order chi connectivity index (χ0) is 36.1. The Bertz CT molecular complexity index is 2800. The minimum Gasteiger partial charge on any atom is -0.0616 e. The lowest BCUT2D eigenvalue weighted by molar-refractivity contribution is 1.75. The molecule has 0 aliphatic heterocycles. The molecule has 12 aromatic carbocycles. The van der Waals surface area contributed by atoms with Crippen LogP contribution in [0.2, 0.25) is 0 Å². The molecule has 0 spiro atoms. The van der Waals surface area contributed by atoms with E-state index >= 15 is 0 Å². The van der Waals surface area contributed by atoms with Gasteiger partial charge in [0.1, 0.15) is 0 Å². The molecule has 0 saturated heterocycles. The summed E-state index contributed by atoms with van der Waals surface area (Å²) >= 11 is 0. The molecule has 12 aromatic rings. The molecule has 0 saturated carbocycles. The predicted molar refractivity (Wildman–Crippen MR) is 237 cm³/mol. The van der Waals surface area contributed by atoms with E-state index in [4.69, 9.17) is 0 Å². The van der Waals surface area contributed by atoms with E-state index in [1.54, 1.807) is 0 Å². The van der Waals surface area contributed by atoms with E-state index < -0.39 is 0 Å². The van der Waals surface area contributed by atoms with Crippen LogP contribution in [0.25, 0.3) is 86.2 Å². The van der Waals surface area contributed by atoms with Gasteiger partial charge in [0.05, 0.1) is 0 Å². The van der Waals surface area contributed by atoms with Gasteiger partial charge in [-0.3, -0.25) is 0 Å². The molecule has 0 bridgehead atoms. The van der Waals surface area contributed by atoms with Crippen molar-refractivity contribution >= 4 is 86.2 Å². The fraction of sp³-hybridized carbons (Fsp3) is 0. The molecule has 0 fully saturated rings. The number of hydrogen-bond acceptors (Lipinski definition) is 0. The number of benzene rings is 12. The first-order valence-electron chi connectivity index (χ1n) is 18.6. The van der Waals surface area contributed by atoms with Gasteiger partial charge in [-0.05, 0) is 98.3 Å². The van der Waals surface area contributed by atoms with Crippen LogP contribution in [0.3, 0.4) is 0 Å². The Morgan fingerprint density at radius 2 is 0.370 bits per heavy atom. The summed E-state index contributed by atoms with van der Waals surface area (Å²) in [4.78, 5) is 0. The van der Waals surface area contributed by atoms with Crippen LogP contribution in [0.4, 0.5) is 0 Å². The molecular formula is C54H38. The molecule has 0 nitrogen and oxygen atoms in total. The van der Waals surface area contributed by atoms with Gasteiger partial charge < -0.3 is 0 Å². The van der Waals surface area contributed by atoms with Gasteiger partial charge in [-0.1, -0.05) is 218 Å². The summed E-state index contributed by atoms with van der Waals surface area (Å²) in [6.07, 6.45) is 0. The quantitative estimate of drug-likeness (QED) is 0.110. The van der Waals surface area contributed by atoms with E-state index in [2.05, 4.69) is 231 Å². The number of rotatable bonds is 0. The van der Waals surface area contributed by atoms with Crippen molar-refractivity contribution in [2.45, 2.75) is 0 Å². The van der Waals surface area contributed by atoms with Gasteiger partial charge in [-0.25, -0.2) is 0 Å². The van der Waals surface area contributed by atoms with Crippen LogP contribution >= 0.6 is 0 Å². The van der Waals surface area contributed by atoms with Gasteiger partial charge in [0, 0.05) is 0 Å². The third-order valence-corrected chi connectivity index (χ3v) is 10.3. The zero-order valence-electron chi connectivity index (χ0n) is 29.9. The van der Waals surface area contributed by atoms with Crippen LogP contribution in [0, 0.1) is 0 Å². The lowest BCUT2D eigenvalue weighted by Gasteiger charge is -2.09. The zero-order valence-corrected chi connectivity index (χ0v) is 29.9. The topological polar surface area (TPSA) is 0 Å². The van der Waals surface area contributed by atoms with Crippen molar-refractivity contribution in [1.29, 1.82) is 0 Å². The van der Waals surface area contributed by atoms with Gasteiger partial charge >= 0.3 is 0 Å². The highest BCUT2D eigenvalue weighted by atomic mass is 14.1. The first-order chi connectivity index (χ1) is 26.8. The monoisotopic (exact) mass is 686 g/mol. The molecule has 0 atom stereocenters. The predicted octanol–water partition coefficient (Wildman–Crippen LogP) is 15.4. The summed E-state index contributed by atoms with van der Waals surface area (Å²) in [6.45, 7) is 0. The highest BCUT2D eigenvalue weighted by Gasteiger charge is 2.06. The molecule has 0 radical (unpaired) electrons. The van der Waals surface area contributed by atoms with Crippen LogP contribution in [-0.2, 0) is 0 Å². The van der Waals surface area contributed by atoms with E-state index in [0.717, 1.165) is 0 Å². The molecule has 12 rings (SSSR count). The number of fused-ring (bicyclic) bond motifs is 6. The van der Waals surface area contributed by atoms with Crippen molar-refractivity contribution in [3.8, 4) is 0 Å². The van der Waals surface area contributed by atoms with Crippen molar-refractivity contribution in [3.05, 3.63) is 231 Å². The summed E-state index contributed by atoms with van der Waals surface area (Å²) in [6, 6.07) is 81.4. The maximum absolute atomic E-state index is 2.24. The van der Waals surface area contributed by atoms with Gasteiger partial charge in [0.15, 0.2) is 0 Å². The molecule has 254 valence electrons. The van der Waals surface area contributed by atoms with E-state index in [1.807, 2.05) is 0 Å². The smallest absolute Gasteiger partial charge is 0.00268 e. The lowest BCUT2D eigenvalue weighted by Crippen LogP contribution is -1.82. The molecule has 0 heterocycles. The normalized spacial score (nSPS) is 11.0. The summed E-state index contributed by atoms with van der Waals surface area (Å²) in [5.41, 5.74) is 0. The van der Waals surface area contributed by atoms with Gasteiger partial charge in [0.25, 0.3) is 0 Å². The highest BCUT2D eigenvalue weighted by molar-refractivity contribution is 6.22. The van der Waals surface area contributed by atoms with Crippen LogP contribution < -0.4 is 0 Å². The van der Waals surface area contributed by atoms with Gasteiger partial charge in [0.2, 0.25) is 0 Å². The van der Waals surface area contributed by atoms with Crippen LogP contribution in [0.1, 0.15) is 0 Å². The van der Waals surface area contributed by atoms with E-state index in [9.17, 15) is 0 Å². The summed E-state index contributed by atoms with van der Waals surface area (Å²) in [7, 11) is 0. The Kier molecular flexibility index (Phi) is 9.07. The number of hydrogen-bond donors (Lipinski definition) is 0. The standard InChI is InChI=1S/C16H10.2C14H10.C10H8/c1-3-11-7-9-13-5-2-6-14-10-8-12(4-1)15(11)16(13)14;1-3-7-13-11(5-1)9-10-12-6-2-4-8-14(12)13;1-2-6-12-10-14-8-4-3-7-13(14)9-11(12)5-1;1-2-6-10-8-4-3-7-9(10)5-1/h1-10H;2*1-10H;1-8H. The first-order valence-corrected chi connectivity index (χ1v) is 18.6. The maximum Gasteiger partial charge on any atom is -0.00268 e. The summed E-state index contributed by atoms with van der Waals surface area (Å²) in [5.74, 6) is 0. The van der Waals surface area contributed by atoms with E-state index in [-0.39, 0.29) is 0 Å². The van der Waals surface area contributed by atoms with Crippen molar-refractivity contribution in [2.75, 3.05) is 0 Å². The van der Waals surface area contributed by atoms with E-state index in [0.29, 0.717) is 0 Å². The maximum atomic E-state index is 2.24. The molecule has 0 amide bonds. The molecule has 0 N–H and O–H groups in total. The fourth-order valence-electron chi connectivity index (χ4n) is 7.64. The average Bonchev–Trinajstić information content (AvgIpc) is 3.25. The molecular weight excluding hydrogens is 649 g/mol. The Morgan fingerprint density at radius 3 is 0.685 bits per heavy atom. The second-order valence-electron chi connectivity index (χ2n) is 13.7. The molecule has 0 aliphatic rings. The second-order valence-corrected chi connectivity index (χ2v) is 13.7. The molecule has 0 aromatic heterocycles. The van der Waals surface area contributed by atoms with Crippen LogP contribution in [0.5, 0.6) is 0 Å². The minimum atomic E-state index is 1.31. The Morgan fingerprint density at radius 1 is 0.148 bits per heavy atom. The Labute approximate surface area is 315 Å². The SMILES string of the molecule is c1cc2ccc3cccc4ccc(c1)c2c34.c1ccc2c(c1)ccc1ccccc12.c1ccc2cc3ccccc3cc2c1.c1ccc2ccccc2c1. The average molecular weight is 687 g/mol. The molecule has 0 unspecified atom stereocenters. The van der Waals surface area contributed by atoms with Gasteiger partial charge in [-0.15, -0.1) is 0 Å². The van der Waals surface area contributed by atoms with Crippen molar-refractivity contribution in [3.63, 3.8) is 0 Å². The highest BCUT2D eigenvalue weighted by Crippen LogP contribution is 2.34. The Hall–Kier alpha value is -7.02. The molecule has 54 heavy (non-hydrogen) atoms. The van der Waals surface area contributed by atoms with Crippen LogP contribution in [-0.4, -0.2) is 0 Å². The lowest BCUT2D eigenvalue weighted by atomic mass is 9.95. The van der Waals surface area contributed by atoms with Crippen molar-refractivity contribution < 1.29 is 0 Å². The van der Waals surface area contributed by atoms with Crippen LogP contribution in [0.15, 0.2) is 231 Å². The molecule has 0 aliphatic carbocycles. The molecule has 0 heteroatoms. The fourth-order valence-corrected chi connectivity index (χ4v) is 7.64. The van der Waals surface area contributed by atoms with E-state index in [1.165, 1.54) is 86.2 Å². The first kappa shape index (κ1) is 32.9. The van der Waals surface area contributed by atoms with Crippen molar-refractivity contribution in [2.24, 2.45) is 0 Å². The third-order valence-electron chi connectivity index (χ3n) is 10.3. The largest absolute Gasteiger partial charge is 0.0616 e. The second kappa shape index (κ2) is 14.9. The Balaban J connectivity index is 0.0000000961. The van der Waals surface area contributed by atoms with Gasteiger partial charge in [-0.2, -0.15) is 0 Å². The third kappa shape index (κ3) is 6.70. The minimum absolute atomic E-state index is 1.31. The van der Waals surface area contributed by atoms with Crippen molar-refractivity contribution in [1.82, 2.24) is 0 Å². The summed E-state index contributed by atoms with van der Waals surface area (Å²) < 4.78 is 0. The summed E-state index contributed by atoms with van der Waals surface area (Å²) in [5, 5.41) is 21.3.